The molecule has 2 aromatic carbocycles. The molecule has 0 bridgehead atoms. The predicted molar refractivity (Wildman–Crippen MR) is 101 cm³/mol. The second kappa shape index (κ2) is 8.88. The minimum Gasteiger partial charge on any atom is -0.349 e. The Morgan fingerprint density at radius 2 is 1.80 bits per heavy atom. The van der Waals surface area contributed by atoms with E-state index in [1.54, 1.807) is 30.1 Å². The van der Waals surface area contributed by atoms with Gasteiger partial charge in [-0.05, 0) is 23.3 Å². The van der Waals surface area contributed by atoms with E-state index in [0.717, 1.165) is 11.1 Å². The summed E-state index contributed by atoms with van der Waals surface area (Å²) in [6, 6.07) is 14.3. The van der Waals surface area contributed by atoms with Gasteiger partial charge in [-0.2, -0.15) is 0 Å². The average molecular weight is 379 g/mol. The lowest BCUT2D eigenvalue weighted by Crippen LogP contribution is -2.33. The van der Waals surface area contributed by atoms with Crippen molar-refractivity contribution in [1.29, 1.82) is 0 Å². The second-order valence-electron chi connectivity index (χ2n) is 5.85. The van der Waals surface area contributed by atoms with E-state index in [0.29, 0.717) is 16.6 Å². The summed E-state index contributed by atoms with van der Waals surface area (Å²) in [4.78, 5) is 25.7. The molecule has 2 amide bonds. The number of hydrogen-bond donors (Lipinski definition) is 1. The van der Waals surface area contributed by atoms with E-state index < -0.39 is 0 Å². The molecule has 2 aromatic rings. The van der Waals surface area contributed by atoms with Crippen molar-refractivity contribution in [2.75, 3.05) is 7.05 Å². The highest BCUT2D eigenvalue weighted by Crippen LogP contribution is 2.23. The van der Waals surface area contributed by atoms with Crippen LogP contribution in [0.25, 0.3) is 0 Å². The molecule has 0 radical (unpaired) electrons. The zero-order valence-electron chi connectivity index (χ0n) is 14.1. The third-order valence-electron chi connectivity index (χ3n) is 3.81. The predicted octanol–water partition coefficient (Wildman–Crippen LogP) is 4.22. The third kappa shape index (κ3) is 5.76. The average Bonchev–Trinajstić information content (AvgIpc) is 2.57. The number of hydrogen-bond acceptors (Lipinski definition) is 2. The van der Waals surface area contributed by atoms with Gasteiger partial charge in [0, 0.05) is 30.6 Å². The Morgan fingerprint density at radius 1 is 1.12 bits per heavy atom. The van der Waals surface area contributed by atoms with Crippen LogP contribution in [-0.2, 0) is 16.1 Å². The molecule has 1 atom stereocenters. The van der Waals surface area contributed by atoms with Crippen LogP contribution in [0.4, 0.5) is 0 Å². The first kappa shape index (κ1) is 19.3. The van der Waals surface area contributed by atoms with Crippen LogP contribution < -0.4 is 5.32 Å². The van der Waals surface area contributed by atoms with Crippen LogP contribution >= 0.6 is 23.2 Å². The monoisotopic (exact) mass is 378 g/mol. The second-order valence-corrected chi connectivity index (χ2v) is 6.70. The number of carbonyl (C=O) groups is 2. The highest BCUT2D eigenvalue weighted by atomic mass is 35.5. The molecule has 0 aliphatic rings. The molecule has 0 aliphatic heterocycles. The number of benzene rings is 2. The summed E-state index contributed by atoms with van der Waals surface area (Å²) in [5, 5.41) is 3.91. The van der Waals surface area contributed by atoms with E-state index >= 15 is 0 Å². The van der Waals surface area contributed by atoms with Gasteiger partial charge >= 0.3 is 0 Å². The van der Waals surface area contributed by atoms with Crippen LogP contribution in [0.2, 0.25) is 10.0 Å². The van der Waals surface area contributed by atoms with Gasteiger partial charge in [0.15, 0.2) is 0 Å². The molecule has 4 nitrogen and oxygen atoms in total. The zero-order chi connectivity index (χ0) is 18.4. The molecular weight excluding hydrogens is 359 g/mol. The smallest absolute Gasteiger partial charge is 0.225 e. The lowest BCUT2D eigenvalue weighted by atomic mass is 10.0. The molecule has 0 aromatic heterocycles. The number of halogens is 2. The molecule has 0 aliphatic carbocycles. The van der Waals surface area contributed by atoms with E-state index in [9.17, 15) is 9.59 Å². The normalized spacial score (nSPS) is 11.7. The summed E-state index contributed by atoms with van der Waals surface area (Å²) in [6.07, 6.45) is 0.172. The van der Waals surface area contributed by atoms with Crippen LogP contribution in [0.5, 0.6) is 0 Å². The van der Waals surface area contributed by atoms with E-state index in [-0.39, 0.29) is 24.3 Å². The molecule has 6 heteroatoms. The van der Waals surface area contributed by atoms with Gasteiger partial charge in [-0.1, -0.05) is 59.6 Å². The number of amides is 2. The van der Waals surface area contributed by atoms with Gasteiger partial charge in [-0.25, -0.2) is 0 Å². The van der Waals surface area contributed by atoms with Gasteiger partial charge in [0.05, 0.1) is 12.5 Å². The molecule has 0 unspecified atom stereocenters. The molecule has 0 saturated heterocycles. The largest absolute Gasteiger partial charge is 0.349 e. The Bertz CT molecular complexity index is 750. The van der Waals surface area contributed by atoms with Gasteiger partial charge in [0.25, 0.3) is 0 Å². The van der Waals surface area contributed by atoms with Crippen LogP contribution in [0, 0.1) is 0 Å². The maximum Gasteiger partial charge on any atom is 0.225 e. The molecule has 0 saturated carbocycles. The van der Waals surface area contributed by atoms with Crippen LogP contribution in [0.15, 0.2) is 48.5 Å². The molecule has 0 heterocycles. The number of rotatable bonds is 6. The van der Waals surface area contributed by atoms with Crippen molar-refractivity contribution >= 4 is 35.0 Å². The van der Waals surface area contributed by atoms with Gasteiger partial charge < -0.3 is 10.2 Å². The molecule has 2 rings (SSSR count). The Labute approximate surface area is 157 Å². The highest BCUT2D eigenvalue weighted by Gasteiger charge is 2.20. The molecule has 0 spiro atoms. The third-order valence-corrected chi connectivity index (χ3v) is 4.39. The summed E-state index contributed by atoms with van der Waals surface area (Å²) in [7, 11) is 1.71. The van der Waals surface area contributed by atoms with Gasteiger partial charge in [-0.15, -0.1) is 0 Å². The Balaban J connectivity index is 2.07. The Hall–Kier alpha value is -2.04. The van der Waals surface area contributed by atoms with Crippen LogP contribution in [-0.4, -0.2) is 23.8 Å². The van der Waals surface area contributed by atoms with Gasteiger partial charge in [-0.3, -0.25) is 9.59 Å². The summed E-state index contributed by atoms with van der Waals surface area (Å²) >= 11 is 12.1. The fourth-order valence-electron chi connectivity index (χ4n) is 2.51. The van der Waals surface area contributed by atoms with Gasteiger partial charge in [0.2, 0.25) is 11.8 Å². The SMILES string of the molecule is CC(=O)N[C@H](CC(=O)N(C)Cc1ccc(Cl)cc1Cl)c1ccccc1. The van der Waals surface area contributed by atoms with Crippen molar-refractivity contribution in [2.45, 2.75) is 25.9 Å². The lowest BCUT2D eigenvalue weighted by molar-refractivity contribution is -0.131. The van der Waals surface area contributed by atoms with Gasteiger partial charge in [0.1, 0.15) is 0 Å². The first-order chi connectivity index (χ1) is 11.9. The fourth-order valence-corrected chi connectivity index (χ4v) is 2.98. The molecule has 132 valence electrons. The van der Waals surface area contributed by atoms with E-state index in [1.807, 2.05) is 30.3 Å². The summed E-state index contributed by atoms with van der Waals surface area (Å²) in [5.41, 5.74) is 1.71. The lowest BCUT2D eigenvalue weighted by Gasteiger charge is -2.23. The first-order valence-corrected chi connectivity index (χ1v) is 8.62. The molecule has 0 fully saturated rings. The van der Waals surface area contributed by atoms with Crippen LogP contribution in [0.1, 0.15) is 30.5 Å². The van der Waals surface area contributed by atoms with Crippen molar-refractivity contribution < 1.29 is 9.59 Å². The Kier molecular flexibility index (Phi) is 6.85. The van der Waals surface area contributed by atoms with E-state index in [2.05, 4.69) is 5.32 Å². The van der Waals surface area contributed by atoms with Crippen molar-refractivity contribution in [3.8, 4) is 0 Å². The molecular formula is C19H20Cl2N2O2. The standard InChI is InChI=1S/C19H20Cl2N2O2/c1-13(24)22-18(14-6-4-3-5-7-14)11-19(25)23(2)12-15-8-9-16(20)10-17(15)21/h3-10,18H,11-12H2,1-2H3,(H,22,24)/t18-/m1/s1. The van der Waals surface area contributed by atoms with Crippen molar-refractivity contribution in [2.24, 2.45) is 0 Å². The number of nitrogens with zero attached hydrogens (tertiary/aromatic N) is 1. The quantitative estimate of drug-likeness (QED) is 0.817. The summed E-state index contributed by atoms with van der Waals surface area (Å²) < 4.78 is 0. The Morgan fingerprint density at radius 3 is 2.40 bits per heavy atom. The van der Waals surface area contributed by atoms with E-state index in [1.165, 1.54) is 6.92 Å². The minimum atomic E-state index is -0.366. The molecule has 1 N–H and O–H groups in total. The number of nitrogens with one attached hydrogen (secondary N) is 1. The van der Waals surface area contributed by atoms with Crippen molar-refractivity contribution in [1.82, 2.24) is 10.2 Å². The maximum absolute atomic E-state index is 12.6. The summed E-state index contributed by atoms with van der Waals surface area (Å²) in [6.45, 7) is 1.81. The number of carbonyl (C=O) groups excluding carboxylic acids is 2. The first-order valence-electron chi connectivity index (χ1n) is 7.86. The zero-order valence-corrected chi connectivity index (χ0v) is 15.6. The topological polar surface area (TPSA) is 49.4 Å². The fraction of sp³-hybridized carbons (Fsp3) is 0.263. The van der Waals surface area contributed by atoms with E-state index in [4.69, 9.17) is 23.2 Å². The highest BCUT2D eigenvalue weighted by molar-refractivity contribution is 6.35. The van der Waals surface area contributed by atoms with Crippen molar-refractivity contribution in [3.63, 3.8) is 0 Å². The minimum absolute atomic E-state index is 0.0892. The molecule has 25 heavy (non-hydrogen) atoms. The van der Waals surface area contributed by atoms with Crippen molar-refractivity contribution in [3.05, 3.63) is 69.7 Å². The van der Waals surface area contributed by atoms with Crippen LogP contribution in [0.3, 0.4) is 0 Å². The maximum atomic E-state index is 12.6. The summed E-state index contributed by atoms with van der Waals surface area (Å²) in [5.74, 6) is -0.265.